The molecule has 3 nitrogen and oxygen atoms in total. The Morgan fingerprint density at radius 3 is 2.22 bits per heavy atom. The largest absolute Gasteiger partial charge is 0.360 e. The van der Waals surface area contributed by atoms with Crippen molar-refractivity contribution in [2.75, 3.05) is 6.61 Å². The second-order valence-electron chi connectivity index (χ2n) is 5.77. The van der Waals surface area contributed by atoms with E-state index in [4.69, 9.17) is 27.9 Å². The van der Waals surface area contributed by atoms with Gasteiger partial charge in [0.2, 0.25) is 5.79 Å². The molecule has 0 radical (unpaired) electrons. The van der Waals surface area contributed by atoms with Gasteiger partial charge in [0.15, 0.2) is 0 Å². The number of halogens is 2. The van der Waals surface area contributed by atoms with Crippen LogP contribution >= 0.6 is 23.2 Å². The molecule has 1 fully saturated rings. The number of benzene rings is 2. The summed E-state index contributed by atoms with van der Waals surface area (Å²) in [6.07, 6.45) is 0.917. The van der Waals surface area contributed by atoms with Crippen LogP contribution in [0.3, 0.4) is 0 Å². The van der Waals surface area contributed by atoms with E-state index in [1.165, 1.54) is 0 Å². The first-order chi connectivity index (χ1) is 11.0. The fourth-order valence-corrected chi connectivity index (χ4v) is 3.11. The normalized spacial score (nSPS) is 27.8. The van der Waals surface area contributed by atoms with Crippen molar-refractivity contribution in [2.24, 2.45) is 0 Å². The molecule has 1 aliphatic heterocycles. The SMILES string of the molecule is CC[C@@H]1CO[C@@](O)(c2ccc(Cl)cc2)[C@H](c2ccc(Cl)cc2)N1. The summed E-state index contributed by atoms with van der Waals surface area (Å²) in [7, 11) is 0. The molecule has 1 heterocycles. The van der Waals surface area contributed by atoms with Gasteiger partial charge in [0.05, 0.1) is 12.6 Å². The van der Waals surface area contributed by atoms with E-state index in [1.54, 1.807) is 24.3 Å². The van der Waals surface area contributed by atoms with E-state index in [0.29, 0.717) is 22.2 Å². The van der Waals surface area contributed by atoms with E-state index in [0.717, 1.165) is 12.0 Å². The minimum atomic E-state index is -1.45. The molecule has 0 unspecified atom stereocenters. The van der Waals surface area contributed by atoms with Gasteiger partial charge in [0.25, 0.3) is 0 Å². The van der Waals surface area contributed by atoms with Gasteiger partial charge in [-0.1, -0.05) is 54.4 Å². The molecule has 2 aromatic carbocycles. The molecule has 5 heteroatoms. The third-order valence-corrected chi connectivity index (χ3v) is 4.76. The Kier molecular flexibility index (Phi) is 4.95. The predicted molar refractivity (Wildman–Crippen MR) is 92.7 cm³/mol. The van der Waals surface area contributed by atoms with Crippen molar-refractivity contribution in [1.82, 2.24) is 5.32 Å². The van der Waals surface area contributed by atoms with Crippen LogP contribution in [0.15, 0.2) is 48.5 Å². The molecule has 3 atom stereocenters. The van der Waals surface area contributed by atoms with Crippen molar-refractivity contribution in [2.45, 2.75) is 31.2 Å². The monoisotopic (exact) mass is 351 g/mol. The topological polar surface area (TPSA) is 41.5 Å². The van der Waals surface area contributed by atoms with Crippen LogP contribution in [-0.4, -0.2) is 17.8 Å². The van der Waals surface area contributed by atoms with Gasteiger partial charge < -0.3 is 15.2 Å². The Bertz CT molecular complexity index is 660. The highest BCUT2D eigenvalue weighted by Gasteiger charge is 2.45. The van der Waals surface area contributed by atoms with Crippen LogP contribution in [-0.2, 0) is 10.5 Å². The van der Waals surface area contributed by atoms with Crippen molar-refractivity contribution in [3.63, 3.8) is 0 Å². The molecule has 2 aromatic rings. The first-order valence-corrected chi connectivity index (χ1v) is 8.42. The molecule has 0 aliphatic carbocycles. The Morgan fingerprint density at radius 1 is 1.09 bits per heavy atom. The maximum absolute atomic E-state index is 11.3. The van der Waals surface area contributed by atoms with Crippen molar-refractivity contribution in [3.8, 4) is 0 Å². The van der Waals surface area contributed by atoms with Crippen LogP contribution in [0.1, 0.15) is 30.5 Å². The quantitative estimate of drug-likeness (QED) is 0.867. The van der Waals surface area contributed by atoms with Gasteiger partial charge in [-0.2, -0.15) is 0 Å². The van der Waals surface area contributed by atoms with E-state index < -0.39 is 5.79 Å². The fraction of sp³-hybridized carbons (Fsp3) is 0.333. The van der Waals surface area contributed by atoms with Gasteiger partial charge in [0.1, 0.15) is 0 Å². The zero-order valence-corrected chi connectivity index (χ0v) is 14.3. The maximum atomic E-state index is 11.3. The van der Waals surface area contributed by atoms with Crippen molar-refractivity contribution < 1.29 is 9.84 Å². The van der Waals surface area contributed by atoms with Gasteiger partial charge in [0, 0.05) is 21.7 Å². The highest BCUT2D eigenvalue weighted by atomic mass is 35.5. The number of hydrogen-bond donors (Lipinski definition) is 2. The third kappa shape index (κ3) is 3.39. The van der Waals surface area contributed by atoms with E-state index in [2.05, 4.69) is 12.2 Å². The van der Waals surface area contributed by atoms with E-state index in [9.17, 15) is 5.11 Å². The Hall–Kier alpha value is -1.10. The molecule has 0 amide bonds. The molecule has 122 valence electrons. The van der Waals surface area contributed by atoms with Gasteiger partial charge in [-0.25, -0.2) is 0 Å². The van der Waals surface area contributed by atoms with Crippen molar-refractivity contribution in [1.29, 1.82) is 0 Å². The third-order valence-electron chi connectivity index (χ3n) is 4.25. The molecule has 0 spiro atoms. The number of ether oxygens (including phenoxy) is 1. The molecule has 1 aliphatic rings. The minimum Gasteiger partial charge on any atom is -0.360 e. The molecular weight excluding hydrogens is 333 g/mol. The number of aliphatic hydroxyl groups is 1. The lowest BCUT2D eigenvalue weighted by atomic mass is 9.89. The second kappa shape index (κ2) is 6.80. The summed E-state index contributed by atoms with van der Waals surface area (Å²) in [5, 5.41) is 16.0. The van der Waals surface area contributed by atoms with Gasteiger partial charge in [-0.15, -0.1) is 0 Å². The van der Waals surface area contributed by atoms with E-state index in [1.807, 2.05) is 24.3 Å². The van der Waals surface area contributed by atoms with E-state index >= 15 is 0 Å². The van der Waals surface area contributed by atoms with Crippen LogP contribution in [0.5, 0.6) is 0 Å². The van der Waals surface area contributed by atoms with Crippen molar-refractivity contribution >= 4 is 23.2 Å². The van der Waals surface area contributed by atoms with Gasteiger partial charge in [-0.05, 0) is 36.2 Å². The summed E-state index contributed by atoms with van der Waals surface area (Å²) in [5.41, 5.74) is 1.59. The summed E-state index contributed by atoms with van der Waals surface area (Å²) in [4.78, 5) is 0. The summed E-state index contributed by atoms with van der Waals surface area (Å²) < 4.78 is 5.91. The van der Waals surface area contributed by atoms with Crippen LogP contribution in [0.25, 0.3) is 0 Å². The highest BCUT2D eigenvalue weighted by Crippen LogP contribution is 2.40. The summed E-state index contributed by atoms with van der Waals surface area (Å²) in [5.74, 6) is -1.45. The van der Waals surface area contributed by atoms with Crippen LogP contribution in [0.2, 0.25) is 10.0 Å². The number of morpholine rings is 1. The average molecular weight is 352 g/mol. The zero-order chi connectivity index (χ0) is 16.4. The van der Waals surface area contributed by atoms with Crippen LogP contribution in [0.4, 0.5) is 0 Å². The summed E-state index contributed by atoms with van der Waals surface area (Å²) in [6, 6.07) is 14.3. The lowest BCUT2D eigenvalue weighted by molar-refractivity contribution is -0.259. The Morgan fingerprint density at radius 2 is 1.65 bits per heavy atom. The van der Waals surface area contributed by atoms with E-state index in [-0.39, 0.29) is 12.1 Å². The molecule has 3 rings (SSSR count). The van der Waals surface area contributed by atoms with Gasteiger partial charge >= 0.3 is 0 Å². The Labute approximate surface area is 146 Å². The highest BCUT2D eigenvalue weighted by molar-refractivity contribution is 6.30. The summed E-state index contributed by atoms with van der Waals surface area (Å²) in [6.45, 7) is 2.53. The van der Waals surface area contributed by atoms with Gasteiger partial charge in [-0.3, -0.25) is 0 Å². The molecule has 23 heavy (non-hydrogen) atoms. The average Bonchev–Trinajstić information content (AvgIpc) is 2.57. The molecule has 0 bridgehead atoms. The van der Waals surface area contributed by atoms with Crippen LogP contribution < -0.4 is 5.32 Å². The zero-order valence-electron chi connectivity index (χ0n) is 12.8. The minimum absolute atomic E-state index is 0.184. The number of rotatable bonds is 3. The molecule has 2 N–H and O–H groups in total. The first kappa shape index (κ1) is 16.7. The predicted octanol–water partition coefficient (Wildman–Crippen LogP) is 4.28. The number of hydrogen-bond acceptors (Lipinski definition) is 3. The Balaban J connectivity index is 2.01. The lowest BCUT2D eigenvalue weighted by Gasteiger charge is -2.44. The summed E-state index contributed by atoms with van der Waals surface area (Å²) >= 11 is 11.9. The molecular formula is C18H19Cl2NO2. The maximum Gasteiger partial charge on any atom is 0.212 e. The van der Waals surface area contributed by atoms with Crippen LogP contribution in [0, 0.1) is 0 Å². The smallest absolute Gasteiger partial charge is 0.212 e. The molecule has 0 aromatic heterocycles. The first-order valence-electron chi connectivity index (χ1n) is 7.67. The fourth-order valence-electron chi connectivity index (χ4n) is 2.86. The lowest BCUT2D eigenvalue weighted by Crippen LogP contribution is -2.54. The number of nitrogens with one attached hydrogen (secondary N) is 1. The second-order valence-corrected chi connectivity index (χ2v) is 6.64. The molecule has 0 saturated carbocycles. The standard InChI is InChI=1S/C18H19Cl2NO2/c1-2-16-11-23-18(22,13-5-9-15(20)10-6-13)17(21-16)12-3-7-14(19)8-4-12/h3-10,16-17,21-22H,2,11H2,1H3/t16-,17+,18+/m1/s1. The van der Waals surface area contributed by atoms with Crippen molar-refractivity contribution in [3.05, 3.63) is 69.7 Å². The molecule has 1 saturated heterocycles.